The van der Waals surface area contributed by atoms with E-state index in [1.165, 1.54) is 11.3 Å². The largest absolute Gasteiger partial charge is 0.372 e. The first-order valence-electron chi connectivity index (χ1n) is 5.86. The third-order valence-corrected chi connectivity index (χ3v) is 3.29. The van der Waals surface area contributed by atoms with Crippen LogP contribution >= 0.6 is 0 Å². The molecule has 0 heterocycles. The van der Waals surface area contributed by atoms with Gasteiger partial charge < -0.3 is 10.6 Å². The Morgan fingerprint density at radius 1 is 1.20 bits per heavy atom. The summed E-state index contributed by atoms with van der Waals surface area (Å²) in [6, 6.07) is 9.29. The number of anilines is 1. The lowest BCUT2D eigenvalue weighted by molar-refractivity contribution is 0.865. The van der Waals surface area contributed by atoms with Gasteiger partial charge in [0.2, 0.25) is 0 Å². The maximum atomic E-state index is 5.84. The molecule has 1 aromatic carbocycles. The van der Waals surface area contributed by atoms with E-state index >= 15 is 0 Å². The number of hydrogen-bond acceptors (Lipinski definition) is 2. The molecule has 1 aliphatic rings. The van der Waals surface area contributed by atoms with Crippen molar-refractivity contribution in [3.05, 3.63) is 29.8 Å². The van der Waals surface area contributed by atoms with E-state index in [0.29, 0.717) is 12.0 Å². The van der Waals surface area contributed by atoms with Crippen LogP contribution in [0.4, 0.5) is 5.69 Å². The highest BCUT2D eigenvalue weighted by Gasteiger charge is 2.34. The van der Waals surface area contributed by atoms with Gasteiger partial charge in [-0.25, -0.2) is 0 Å². The number of nitrogens with two attached hydrogens (primary N) is 1. The van der Waals surface area contributed by atoms with Crippen molar-refractivity contribution < 1.29 is 0 Å². The maximum absolute atomic E-state index is 5.84. The van der Waals surface area contributed by atoms with Crippen molar-refractivity contribution in [1.29, 1.82) is 0 Å². The van der Waals surface area contributed by atoms with Gasteiger partial charge in [-0.2, -0.15) is 0 Å². The average molecular weight is 204 g/mol. The molecule has 0 aromatic heterocycles. The summed E-state index contributed by atoms with van der Waals surface area (Å²) in [6.07, 6.45) is 1.16. The minimum Gasteiger partial charge on any atom is -0.372 e. The molecule has 0 bridgehead atoms. The number of hydrogen-bond donors (Lipinski definition) is 1. The van der Waals surface area contributed by atoms with Crippen LogP contribution in [0.3, 0.4) is 0 Å². The number of nitrogens with zero attached hydrogens (tertiary/aromatic N) is 1. The van der Waals surface area contributed by atoms with Crippen LogP contribution in [0, 0.1) is 0 Å². The molecule has 2 N–H and O–H groups in total. The zero-order chi connectivity index (χ0) is 10.8. The van der Waals surface area contributed by atoms with Crippen molar-refractivity contribution in [2.45, 2.75) is 32.2 Å². The van der Waals surface area contributed by atoms with E-state index in [-0.39, 0.29) is 0 Å². The van der Waals surface area contributed by atoms with Crippen molar-refractivity contribution >= 4 is 5.69 Å². The standard InChI is InChI=1S/C13H20N2/c1-3-15(4-2)11-7-5-10(6-8-11)12-9-13(12)14/h5-8,12-13H,3-4,9,14H2,1-2H3/t12-,13-/m1/s1. The molecule has 0 unspecified atom stereocenters. The molecule has 1 aliphatic carbocycles. The van der Waals surface area contributed by atoms with Gasteiger partial charge in [-0.05, 0) is 38.0 Å². The second-order valence-corrected chi connectivity index (χ2v) is 4.27. The second-order valence-electron chi connectivity index (χ2n) is 4.27. The summed E-state index contributed by atoms with van der Waals surface area (Å²) in [5.41, 5.74) is 8.56. The fraction of sp³-hybridized carbons (Fsp3) is 0.538. The minimum atomic E-state index is 0.407. The lowest BCUT2D eigenvalue weighted by atomic mass is 10.1. The molecule has 1 aromatic rings. The zero-order valence-corrected chi connectivity index (χ0v) is 9.61. The van der Waals surface area contributed by atoms with Crippen LogP contribution in [-0.4, -0.2) is 19.1 Å². The SMILES string of the molecule is CCN(CC)c1ccc([C@H]2C[C@H]2N)cc1. The maximum Gasteiger partial charge on any atom is 0.0366 e. The highest BCUT2D eigenvalue weighted by Crippen LogP contribution is 2.39. The number of benzene rings is 1. The lowest BCUT2D eigenvalue weighted by Crippen LogP contribution is -2.21. The Labute approximate surface area is 92.1 Å². The van der Waals surface area contributed by atoms with Crippen LogP contribution < -0.4 is 10.6 Å². The van der Waals surface area contributed by atoms with E-state index in [1.807, 2.05) is 0 Å². The Balaban J connectivity index is 2.09. The van der Waals surface area contributed by atoms with Crippen LogP contribution in [0.5, 0.6) is 0 Å². The first-order chi connectivity index (χ1) is 7.26. The molecule has 0 amide bonds. The topological polar surface area (TPSA) is 29.3 Å². The Morgan fingerprint density at radius 2 is 1.73 bits per heavy atom. The summed E-state index contributed by atoms with van der Waals surface area (Å²) < 4.78 is 0. The molecule has 2 heteroatoms. The monoisotopic (exact) mass is 204 g/mol. The van der Waals surface area contributed by atoms with Crippen LogP contribution in [-0.2, 0) is 0 Å². The predicted octanol–water partition coefficient (Wildman–Crippen LogP) is 2.35. The fourth-order valence-corrected chi connectivity index (χ4v) is 2.12. The van der Waals surface area contributed by atoms with E-state index in [4.69, 9.17) is 5.73 Å². The highest BCUT2D eigenvalue weighted by molar-refractivity contribution is 5.48. The third-order valence-electron chi connectivity index (χ3n) is 3.29. The van der Waals surface area contributed by atoms with Gasteiger partial charge in [0.1, 0.15) is 0 Å². The van der Waals surface area contributed by atoms with E-state index < -0.39 is 0 Å². The molecule has 0 aliphatic heterocycles. The van der Waals surface area contributed by atoms with E-state index in [1.54, 1.807) is 0 Å². The van der Waals surface area contributed by atoms with Gasteiger partial charge in [-0.15, -0.1) is 0 Å². The first kappa shape index (κ1) is 10.5. The molecular weight excluding hydrogens is 184 g/mol. The molecule has 1 fully saturated rings. The van der Waals surface area contributed by atoms with E-state index in [2.05, 4.69) is 43.0 Å². The van der Waals surface area contributed by atoms with Crippen LogP contribution in [0.2, 0.25) is 0 Å². The molecule has 2 nitrogen and oxygen atoms in total. The molecular formula is C13H20N2. The van der Waals surface area contributed by atoms with E-state index in [0.717, 1.165) is 19.5 Å². The average Bonchev–Trinajstić information content (AvgIpc) is 2.98. The summed E-state index contributed by atoms with van der Waals surface area (Å²) in [4.78, 5) is 2.36. The molecule has 1 saturated carbocycles. The highest BCUT2D eigenvalue weighted by atomic mass is 15.1. The second kappa shape index (κ2) is 4.23. The van der Waals surface area contributed by atoms with Gasteiger partial charge in [0.25, 0.3) is 0 Å². The van der Waals surface area contributed by atoms with Crippen LogP contribution in [0.15, 0.2) is 24.3 Å². The lowest BCUT2D eigenvalue weighted by Gasteiger charge is -2.21. The molecule has 0 spiro atoms. The van der Waals surface area contributed by atoms with Gasteiger partial charge in [-0.3, -0.25) is 0 Å². The van der Waals surface area contributed by atoms with Crippen molar-refractivity contribution in [2.75, 3.05) is 18.0 Å². The molecule has 82 valence electrons. The molecule has 2 atom stereocenters. The molecule has 15 heavy (non-hydrogen) atoms. The third kappa shape index (κ3) is 2.15. The van der Waals surface area contributed by atoms with Gasteiger partial charge in [0.05, 0.1) is 0 Å². The summed E-state index contributed by atoms with van der Waals surface area (Å²) in [6.45, 7) is 6.51. The van der Waals surface area contributed by atoms with Gasteiger partial charge in [0.15, 0.2) is 0 Å². The predicted molar refractivity (Wildman–Crippen MR) is 65.3 cm³/mol. The first-order valence-corrected chi connectivity index (χ1v) is 5.86. The Kier molecular flexibility index (Phi) is 2.96. The molecule has 2 rings (SSSR count). The molecule has 0 saturated heterocycles. The Morgan fingerprint density at radius 3 is 2.13 bits per heavy atom. The quantitative estimate of drug-likeness (QED) is 0.815. The van der Waals surface area contributed by atoms with Crippen molar-refractivity contribution in [3.63, 3.8) is 0 Å². The number of rotatable bonds is 4. The summed E-state index contributed by atoms with van der Waals surface area (Å²) in [5, 5.41) is 0. The Bertz CT molecular complexity index is 314. The van der Waals surface area contributed by atoms with Crippen molar-refractivity contribution in [2.24, 2.45) is 5.73 Å². The smallest absolute Gasteiger partial charge is 0.0366 e. The normalized spacial score (nSPS) is 23.9. The zero-order valence-electron chi connectivity index (χ0n) is 9.61. The minimum absolute atomic E-state index is 0.407. The summed E-state index contributed by atoms with van der Waals surface area (Å²) in [7, 11) is 0. The fourth-order valence-electron chi connectivity index (χ4n) is 2.12. The van der Waals surface area contributed by atoms with Gasteiger partial charge in [-0.1, -0.05) is 12.1 Å². The summed E-state index contributed by atoms with van der Waals surface area (Å²) >= 11 is 0. The van der Waals surface area contributed by atoms with Gasteiger partial charge >= 0.3 is 0 Å². The molecule has 0 radical (unpaired) electrons. The van der Waals surface area contributed by atoms with Crippen molar-refractivity contribution in [1.82, 2.24) is 0 Å². The van der Waals surface area contributed by atoms with E-state index in [9.17, 15) is 0 Å². The Hall–Kier alpha value is -1.02. The van der Waals surface area contributed by atoms with Gasteiger partial charge in [0, 0.05) is 30.7 Å². The summed E-state index contributed by atoms with van der Waals surface area (Å²) in [5.74, 6) is 0.621. The van der Waals surface area contributed by atoms with Crippen molar-refractivity contribution in [3.8, 4) is 0 Å². The van der Waals surface area contributed by atoms with Crippen LogP contribution in [0.1, 0.15) is 31.7 Å². The van der Waals surface area contributed by atoms with Crippen LogP contribution in [0.25, 0.3) is 0 Å².